The third-order valence-electron chi connectivity index (χ3n) is 3.86. The van der Waals surface area contributed by atoms with E-state index in [-0.39, 0.29) is 5.91 Å². The zero-order valence-electron chi connectivity index (χ0n) is 12.1. The lowest BCUT2D eigenvalue weighted by Gasteiger charge is -2.26. The summed E-state index contributed by atoms with van der Waals surface area (Å²) >= 11 is 0. The number of hydrazone groups is 1. The quantitative estimate of drug-likeness (QED) is 0.830. The van der Waals surface area contributed by atoms with Gasteiger partial charge in [-0.05, 0) is 44.6 Å². The van der Waals surface area contributed by atoms with Crippen molar-refractivity contribution in [2.75, 3.05) is 0 Å². The molecule has 0 spiro atoms. The van der Waals surface area contributed by atoms with Gasteiger partial charge in [0.15, 0.2) is 0 Å². The Morgan fingerprint density at radius 2 is 1.95 bits per heavy atom. The van der Waals surface area contributed by atoms with Gasteiger partial charge in [0.1, 0.15) is 11.5 Å². The lowest BCUT2D eigenvalue weighted by Crippen LogP contribution is -2.29. The van der Waals surface area contributed by atoms with Crippen molar-refractivity contribution in [3.05, 3.63) is 23.2 Å². The smallest absolute Gasteiger partial charge is 0.274 e. The molecule has 0 unspecified atom stereocenters. The maximum Gasteiger partial charge on any atom is 0.274 e. The molecule has 104 valence electrons. The van der Waals surface area contributed by atoms with Gasteiger partial charge in [0.05, 0.1) is 5.56 Å². The monoisotopic (exact) mass is 262 g/mol. The van der Waals surface area contributed by atoms with Crippen LogP contribution < -0.4 is 5.43 Å². The predicted molar refractivity (Wildman–Crippen MR) is 75.3 cm³/mol. The first-order valence-corrected chi connectivity index (χ1v) is 6.94. The van der Waals surface area contributed by atoms with Gasteiger partial charge in [0, 0.05) is 5.71 Å². The van der Waals surface area contributed by atoms with Crippen LogP contribution in [-0.4, -0.2) is 11.6 Å². The molecular formula is C15H22N2O2. The van der Waals surface area contributed by atoms with Crippen LogP contribution >= 0.6 is 0 Å². The molecule has 1 amide bonds. The Bertz CT molecular complexity index is 490. The molecule has 1 saturated carbocycles. The molecule has 19 heavy (non-hydrogen) atoms. The van der Waals surface area contributed by atoms with Crippen LogP contribution in [0.15, 0.2) is 15.6 Å². The fourth-order valence-corrected chi connectivity index (χ4v) is 2.76. The SMILES string of the molecule is Cc1cc(C(=O)NN=C2[C@H](C)CCC[C@H]2C)c(C)o1. The Labute approximate surface area is 114 Å². The van der Waals surface area contributed by atoms with Gasteiger partial charge in [0.2, 0.25) is 0 Å². The van der Waals surface area contributed by atoms with Crippen LogP contribution in [0.5, 0.6) is 0 Å². The molecule has 4 heteroatoms. The van der Waals surface area contributed by atoms with E-state index in [9.17, 15) is 4.79 Å². The largest absolute Gasteiger partial charge is 0.466 e. The second-order valence-corrected chi connectivity index (χ2v) is 5.54. The minimum atomic E-state index is -0.188. The highest BCUT2D eigenvalue weighted by Crippen LogP contribution is 2.25. The fourth-order valence-electron chi connectivity index (χ4n) is 2.76. The lowest BCUT2D eigenvalue weighted by molar-refractivity contribution is 0.0952. The van der Waals surface area contributed by atoms with E-state index in [1.165, 1.54) is 6.42 Å². The third-order valence-corrected chi connectivity index (χ3v) is 3.86. The van der Waals surface area contributed by atoms with Crippen molar-refractivity contribution in [2.45, 2.75) is 47.0 Å². The number of nitrogens with zero attached hydrogens (tertiary/aromatic N) is 1. The van der Waals surface area contributed by atoms with Gasteiger partial charge < -0.3 is 4.42 Å². The molecule has 1 fully saturated rings. The summed E-state index contributed by atoms with van der Waals surface area (Å²) in [5.74, 6) is 2.11. The number of hydrogen-bond donors (Lipinski definition) is 1. The number of rotatable bonds is 2. The van der Waals surface area contributed by atoms with Gasteiger partial charge in [-0.1, -0.05) is 20.3 Å². The second-order valence-electron chi connectivity index (χ2n) is 5.54. The zero-order valence-corrected chi connectivity index (χ0v) is 12.1. The molecule has 4 nitrogen and oxygen atoms in total. The Morgan fingerprint density at radius 3 is 2.47 bits per heavy atom. The van der Waals surface area contributed by atoms with E-state index < -0.39 is 0 Å². The number of nitrogens with one attached hydrogen (secondary N) is 1. The lowest BCUT2D eigenvalue weighted by atomic mass is 9.81. The maximum absolute atomic E-state index is 12.1. The molecule has 1 aromatic rings. The van der Waals surface area contributed by atoms with Crippen LogP contribution in [-0.2, 0) is 0 Å². The van der Waals surface area contributed by atoms with Gasteiger partial charge in [-0.3, -0.25) is 4.79 Å². The summed E-state index contributed by atoms with van der Waals surface area (Å²) in [6.45, 7) is 7.98. The highest BCUT2D eigenvalue weighted by molar-refractivity contribution is 5.97. The molecule has 0 aromatic carbocycles. The first-order chi connectivity index (χ1) is 8.99. The summed E-state index contributed by atoms with van der Waals surface area (Å²) in [6, 6.07) is 1.75. The van der Waals surface area contributed by atoms with E-state index in [1.807, 2.05) is 6.92 Å². The number of carbonyl (C=O) groups excluding carboxylic acids is 1. The number of carbonyl (C=O) groups is 1. The molecule has 0 bridgehead atoms. The van der Waals surface area contributed by atoms with Crippen LogP contribution in [0.4, 0.5) is 0 Å². The van der Waals surface area contributed by atoms with Gasteiger partial charge in [-0.25, -0.2) is 5.43 Å². The van der Waals surface area contributed by atoms with Gasteiger partial charge in [0.25, 0.3) is 5.91 Å². The van der Waals surface area contributed by atoms with E-state index >= 15 is 0 Å². The average Bonchev–Trinajstić information content (AvgIpc) is 2.67. The molecule has 2 atom stereocenters. The van der Waals surface area contributed by atoms with Crippen molar-refractivity contribution in [1.82, 2.24) is 5.43 Å². The molecular weight excluding hydrogens is 240 g/mol. The summed E-state index contributed by atoms with van der Waals surface area (Å²) in [5, 5.41) is 4.35. The Morgan fingerprint density at radius 1 is 1.32 bits per heavy atom. The highest BCUT2D eigenvalue weighted by Gasteiger charge is 2.23. The third kappa shape index (κ3) is 3.06. The summed E-state index contributed by atoms with van der Waals surface area (Å²) in [7, 11) is 0. The molecule has 2 rings (SSSR count). The topological polar surface area (TPSA) is 54.6 Å². The Balaban J connectivity index is 2.09. The van der Waals surface area contributed by atoms with Gasteiger partial charge in [-0.15, -0.1) is 0 Å². The van der Waals surface area contributed by atoms with Crippen molar-refractivity contribution >= 4 is 11.6 Å². The van der Waals surface area contributed by atoms with Crippen molar-refractivity contribution in [2.24, 2.45) is 16.9 Å². The van der Waals surface area contributed by atoms with Crippen molar-refractivity contribution < 1.29 is 9.21 Å². The molecule has 1 heterocycles. The van der Waals surface area contributed by atoms with Crippen LogP contribution in [0.3, 0.4) is 0 Å². The highest BCUT2D eigenvalue weighted by atomic mass is 16.3. The second kappa shape index (κ2) is 5.59. The predicted octanol–water partition coefficient (Wildman–Crippen LogP) is 3.44. The minimum Gasteiger partial charge on any atom is -0.466 e. The van der Waals surface area contributed by atoms with Crippen molar-refractivity contribution in [1.29, 1.82) is 0 Å². The average molecular weight is 262 g/mol. The summed E-state index contributed by atoms with van der Waals surface area (Å²) in [4.78, 5) is 12.1. The van der Waals surface area contributed by atoms with E-state index in [2.05, 4.69) is 24.4 Å². The van der Waals surface area contributed by atoms with Crippen LogP contribution in [0.25, 0.3) is 0 Å². The molecule has 1 aliphatic rings. The number of furan rings is 1. The standard InChI is InChI=1S/C15H22N2O2/c1-9-6-5-7-10(2)14(9)16-17-15(18)13-8-11(3)19-12(13)4/h8-10H,5-7H2,1-4H3,(H,17,18)/t9-,10-/m1/s1. The summed E-state index contributed by atoms with van der Waals surface area (Å²) in [6.07, 6.45) is 3.56. The molecule has 0 aliphatic heterocycles. The molecule has 0 radical (unpaired) electrons. The minimum absolute atomic E-state index is 0.188. The van der Waals surface area contributed by atoms with Gasteiger partial charge in [-0.2, -0.15) is 5.10 Å². The summed E-state index contributed by atoms with van der Waals surface area (Å²) in [5.41, 5.74) is 4.35. The first-order valence-electron chi connectivity index (χ1n) is 6.94. The van der Waals surface area contributed by atoms with E-state index in [0.717, 1.165) is 24.3 Å². The molecule has 0 saturated heterocycles. The Kier molecular flexibility index (Phi) is 4.08. The van der Waals surface area contributed by atoms with Gasteiger partial charge >= 0.3 is 0 Å². The van der Waals surface area contributed by atoms with Crippen molar-refractivity contribution in [3.63, 3.8) is 0 Å². The van der Waals surface area contributed by atoms with E-state index in [0.29, 0.717) is 23.2 Å². The first kappa shape index (κ1) is 13.8. The van der Waals surface area contributed by atoms with Crippen molar-refractivity contribution in [3.8, 4) is 0 Å². The Hall–Kier alpha value is -1.58. The summed E-state index contributed by atoms with van der Waals surface area (Å²) < 4.78 is 5.36. The number of amides is 1. The molecule has 1 aromatic heterocycles. The van der Waals surface area contributed by atoms with Crippen LogP contribution in [0.2, 0.25) is 0 Å². The van der Waals surface area contributed by atoms with Crippen LogP contribution in [0, 0.1) is 25.7 Å². The number of aryl methyl sites for hydroxylation is 2. The molecule has 1 N–H and O–H groups in total. The van der Waals surface area contributed by atoms with Crippen LogP contribution in [0.1, 0.15) is 55.0 Å². The fraction of sp³-hybridized carbons (Fsp3) is 0.600. The molecule has 1 aliphatic carbocycles. The normalized spacial score (nSPS) is 23.3. The number of hydrogen-bond acceptors (Lipinski definition) is 3. The van der Waals surface area contributed by atoms with E-state index in [1.54, 1.807) is 13.0 Å². The maximum atomic E-state index is 12.1. The zero-order chi connectivity index (χ0) is 14.0. The van der Waals surface area contributed by atoms with E-state index in [4.69, 9.17) is 4.42 Å².